The minimum atomic E-state index is 0.199. The molecule has 132 valence electrons. The maximum absolute atomic E-state index is 9.20. The van der Waals surface area contributed by atoms with Crippen molar-refractivity contribution in [2.45, 2.75) is 90.3 Å². The topological polar surface area (TPSA) is 29.5 Å². The molecule has 0 aliphatic heterocycles. The third kappa shape index (κ3) is 11.3. The molecule has 0 aliphatic rings. The maximum Gasteiger partial charge on any atom is 0.0720 e. The molecule has 0 spiro atoms. The number of unbranched alkanes of at least 4 members (excludes halogenated alkanes) is 8. The fourth-order valence-electron chi connectivity index (χ4n) is 2.93. The van der Waals surface area contributed by atoms with Crippen molar-refractivity contribution in [1.82, 2.24) is 0 Å². The van der Waals surface area contributed by atoms with Crippen LogP contribution in [0.5, 0.6) is 0 Å². The summed E-state index contributed by atoms with van der Waals surface area (Å²) >= 11 is 0. The van der Waals surface area contributed by atoms with Crippen LogP contribution < -0.4 is 0 Å². The van der Waals surface area contributed by atoms with Crippen LogP contribution in [-0.4, -0.2) is 17.8 Å². The standard InChI is InChI=1S/C21H36O2/c1-2-3-4-5-6-7-8-9-13-16-21(17-18-22)23-19-20-14-11-10-12-15-20/h10-12,14-15,21-22H,2-9,13,16-19H2,1H3. The molecule has 0 aromatic heterocycles. The van der Waals surface area contributed by atoms with E-state index in [1.807, 2.05) is 18.2 Å². The second-order valence-corrected chi connectivity index (χ2v) is 6.55. The Morgan fingerprint density at radius 1 is 0.826 bits per heavy atom. The third-order valence-electron chi connectivity index (χ3n) is 4.41. The number of rotatable bonds is 15. The number of aliphatic hydroxyl groups is 1. The zero-order chi connectivity index (χ0) is 16.6. The van der Waals surface area contributed by atoms with E-state index in [1.54, 1.807) is 0 Å². The van der Waals surface area contributed by atoms with Gasteiger partial charge in [-0.25, -0.2) is 0 Å². The molecule has 1 N–H and O–H groups in total. The van der Waals surface area contributed by atoms with Gasteiger partial charge in [-0.15, -0.1) is 0 Å². The predicted molar refractivity (Wildman–Crippen MR) is 98.6 cm³/mol. The molecule has 0 fully saturated rings. The first kappa shape index (κ1) is 20.2. The van der Waals surface area contributed by atoms with Crippen LogP contribution in [0.1, 0.15) is 83.1 Å². The summed E-state index contributed by atoms with van der Waals surface area (Å²) in [4.78, 5) is 0. The lowest BCUT2D eigenvalue weighted by molar-refractivity contribution is 0.0174. The Hall–Kier alpha value is -0.860. The zero-order valence-corrected chi connectivity index (χ0v) is 15.0. The van der Waals surface area contributed by atoms with Crippen LogP contribution in [0.3, 0.4) is 0 Å². The smallest absolute Gasteiger partial charge is 0.0720 e. The van der Waals surface area contributed by atoms with Crippen molar-refractivity contribution in [3.63, 3.8) is 0 Å². The van der Waals surface area contributed by atoms with Gasteiger partial charge in [0.2, 0.25) is 0 Å². The fourth-order valence-corrected chi connectivity index (χ4v) is 2.93. The van der Waals surface area contributed by atoms with Gasteiger partial charge in [0.1, 0.15) is 0 Å². The summed E-state index contributed by atoms with van der Waals surface area (Å²) in [5.41, 5.74) is 1.21. The molecule has 1 aromatic carbocycles. The zero-order valence-electron chi connectivity index (χ0n) is 15.0. The summed E-state index contributed by atoms with van der Waals surface area (Å²) in [6, 6.07) is 10.3. The van der Waals surface area contributed by atoms with E-state index in [1.165, 1.54) is 63.4 Å². The summed E-state index contributed by atoms with van der Waals surface area (Å²) in [6.07, 6.45) is 14.2. The van der Waals surface area contributed by atoms with Gasteiger partial charge < -0.3 is 9.84 Å². The largest absolute Gasteiger partial charge is 0.396 e. The lowest BCUT2D eigenvalue weighted by Crippen LogP contribution is -2.14. The quantitative estimate of drug-likeness (QED) is 0.409. The Kier molecular flexibility index (Phi) is 12.9. The van der Waals surface area contributed by atoms with Crippen LogP contribution in [0.2, 0.25) is 0 Å². The van der Waals surface area contributed by atoms with E-state index in [-0.39, 0.29) is 12.7 Å². The normalized spacial score (nSPS) is 12.4. The monoisotopic (exact) mass is 320 g/mol. The lowest BCUT2D eigenvalue weighted by atomic mass is 10.0. The Balaban J connectivity index is 2.04. The molecule has 0 saturated heterocycles. The van der Waals surface area contributed by atoms with Crippen molar-refractivity contribution in [3.05, 3.63) is 35.9 Å². The molecule has 0 bridgehead atoms. The van der Waals surface area contributed by atoms with Gasteiger partial charge >= 0.3 is 0 Å². The SMILES string of the molecule is CCCCCCCCCCCC(CCO)OCc1ccccc1. The molecule has 0 saturated carbocycles. The first-order chi connectivity index (χ1) is 11.4. The van der Waals surface area contributed by atoms with Crippen LogP contribution in [0, 0.1) is 0 Å². The van der Waals surface area contributed by atoms with Crippen molar-refractivity contribution in [1.29, 1.82) is 0 Å². The molecule has 1 rings (SSSR count). The number of ether oxygens (including phenoxy) is 1. The average Bonchev–Trinajstić information content (AvgIpc) is 2.59. The molecular weight excluding hydrogens is 284 g/mol. The molecule has 1 atom stereocenters. The second-order valence-electron chi connectivity index (χ2n) is 6.55. The highest BCUT2D eigenvalue weighted by Gasteiger charge is 2.08. The van der Waals surface area contributed by atoms with Crippen molar-refractivity contribution in [2.24, 2.45) is 0 Å². The molecule has 23 heavy (non-hydrogen) atoms. The van der Waals surface area contributed by atoms with E-state index in [0.717, 1.165) is 12.8 Å². The Morgan fingerprint density at radius 3 is 2.04 bits per heavy atom. The highest BCUT2D eigenvalue weighted by atomic mass is 16.5. The predicted octanol–water partition coefficient (Wildman–Crippen LogP) is 5.88. The molecule has 0 radical (unpaired) electrons. The highest BCUT2D eigenvalue weighted by Crippen LogP contribution is 2.15. The number of hydrogen-bond acceptors (Lipinski definition) is 2. The minimum Gasteiger partial charge on any atom is -0.396 e. The fraction of sp³-hybridized carbons (Fsp3) is 0.714. The second kappa shape index (κ2) is 14.7. The highest BCUT2D eigenvalue weighted by molar-refractivity contribution is 5.13. The molecule has 0 amide bonds. The first-order valence-electron chi connectivity index (χ1n) is 9.63. The Morgan fingerprint density at radius 2 is 1.43 bits per heavy atom. The van der Waals surface area contributed by atoms with Gasteiger partial charge in [0.05, 0.1) is 12.7 Å². The number of aliphatic hydroxyl groups excluding tert-OH is 1. The van der Waals surface area contributed by atoms with Gasteiger partial charge in [0, 0.05) is 6.61 Å². The van der Waals surface area contributed by atoms with E-state index >= 15 is 0 Å². The van der Waals surface area contributed by atoms with Gasteiger partial charge in [-0.2, -0.15) is 0 Å². The van der Waals surface area contributed by atoms with E-state index < -0.39 is 0 Å². The van der Waals surface area contributed by atoms with Crippen molar-refractivity contribution in [3.8, 4) is 0 Å². The summed E-state index contributed by atoms with van der Waals surface area (Å²) in [5, 5.41) is 9.20. The summed E-state index contributed by atoms with van der Waals surface area (Å²) in [5.74, 6) is 0. The number of benzene rings is 1. The Bertz CT molecular complexity index is 350. The van der Waals surface area contributed by atoms with Crippen molar-refractivity contribution >= 4 is 0 Å². The summed E-state index contributed by atoms with van der Waals surface area (Å²) in [7, 11) is 0. The molecule has 2 nitrogen and oxygen atoms in total. The Labute approximate surface area is 143 Å². The van der Waals surface area contributed by atoms with Crippen molar-refractivity contribution in [2.75, 3.05) is 6.61 Å². The maximum atomic E-state index is 9.20. The third-order valence-corrected chi connectivity index (χ3v) is 4.41. The van der Waals surface area contributed by atoms with Crippen LogP contribution in [0.15, 0.2) is 30.3 Å². The van der Waals surface area contributed by atoms with E-state index in [4.69, 9.17) is 4.74 Å². The average molecular weight is 321 g/mol. The molecular formula is C21H36O2. The minimum absolute atomic E-state index is 0.199. The lowest BCUT2D eigenvalue weighted by Gasteiger charge is -2.17. The van der Waals surface area contributed by atoms with Crippen LogP contribution in [-0.2, 0) is 11.3 Å². The van der Waals surface area contributed by atoms with Gasteiger partial charge in [-0.1, -0.05) is 95.0 Å². The van der Waals surface area contributed by atoms with E-state index in [0.29, 0.717) is 6.61 Å². The molecule has 0 heterocycles. The van der Waals surface area contributed by atoms with Gasteiger partial charge in [0.15, 0.2) is 0 Å². The summed E-state index contributed by atoms with van der Waals surface area (Å²) < 4.78 is 5.98. The summed E-state index contributed by atoms with van der Waals surface area (Å²) in [6.45, 7) is 3.14. The number of hydrogen-bond donors (Lipinski definition) is 1. The molecule has 0 aliphatic carbocycles. The van der Waals surface area contributed by atoms with Crippen LogP contribution >= 0.6 is 0 Å². The van der Waals surface area contributed by atoms with Crippen molar-refractivity contribution < 1.29 is 9.84 Å². The van der Waals surface area contributed by atoms with E-state index in [9.17, 15) is 5.11 Å². The molecule has 1 aromatic rings. The molecule has 2 heteroatoms. The van der Waals surface area contributed by atoms with E-state index in [2.05, 4.69) is 19.1 Å². The molecule has 1 unspecified atom stereocenters. The van der Waals surface area contributed by atoms with Gasteiger partial charge in [0.25, 0.3) is 0 Å². The van der Waals surface area contributed by atoms with Crippen LogP contribution in [0.25, 0.3) is 0 Å². The first-order valence-corrected chi connectivity index (χ1v) is 9.63. The van der Waals surface area contributed by atoms with Gasteiger partial charge in [-0.05, 0) is 18.4 Å². The van der Waals surface area contributed by atoms with Gasteiger partial charge in [-0.3, -0.25) is 0 Å². The van der Waals surface area contributed by atoms with Crippen LogP contribution in [0.4, 0.5) is 0 Å².